The quantitative estimate of drug-likeness (QED) is 0.858. The lowest BCUT2D eigenvalue weighted by atomic mass is 10.2. The molecule has 1 N–H and O–H groups in total. The Bertz CT molecular complexity index is 368. The molecule has 0 atom stereocenters. The highest BCUT2D eigenvalue weighted by molar-refractivity contribution is 5.37. The van der Waals surface area contributed by atoms with E-state index in [9.17, 15) is 0 Å². The molecule has 2 heterocycles. The van der Waals surface area contributed by atoms with Gasteiger partial charge in [-0.2, -0.15) is 5.10 Å². The Balaban J connectivity index is 1.84. The van der Waals surface area contributed by atoms with Gasteiger partial charge in [-0.05, 0) is 31.6 Å². The fourth-order valence-electron chi connectivity index (χ4n) is 2.14. The molecule has 1 aliphatic rings. The van der Waals surface area contributed by atoms with Crippen molar-refractivity contribution in [2.24, 2.45) is 5.92 Å². The van der Waals surface area contributed by atoms with E-state index in [2.05, 4.69) is 58.3 Å². The van der Waals surface area contributed by atoms with E-state index in [1.807, 2.05) is 0 Å². The first kappa shape index (κ1) is 14.2. The van der Waals surface area contributed by atoms with Gasteiger partial charge < -0.3 is 15.1 Å². The van der Waals surface area contributed by atoms with Gasteiger partial charge in [0, 0.05) is 32.7 Å². The van der Waals surface area contributed by atoms with Gasteiger partial charge >= 0.3 is 0 Å². The number of nitrogens with zero attached hydrogens (tertiary/aromatic N) is 4. The highest BCUT2D eigenvalue weighted by Gasteiger charge is 2.15. The van der Waals surface area contributed by atoms with Crippen molar-refractivity contribution in [2.45, 2.75) is 20.4 Å². The summed E-state index contributed by atoms with van der Waals surface area (Å²) in [5, 5.41) is 12.0. The summed E-state index contributed by atoms with van der Waals surface area (Å²) in [6.45, 7) is 10.5. The first-order chi connectivity index (χ1) is 9.15. The Labute approximate surface area is 116 Å². The minimum atomic E-state index is 0.664. The molecule has 0 radical (unpaired) electrons. The molecule has 1 aromatic rings. The average Bonchev–Trinajstić information content (AvgIpc) is 2.40. The van der Waals surface area contributed by atoms with E-state index in [1.54, 1.807) is 0 Å². The van der Waals surface area contributed by atoms with E-state index >= 15 is 0 Å². The van der Waals surface area contributed by atoms with Crippen molar-refractivity contribution in [3.8, 4) is 0 Å². The SMILES string of the molecule is CC(C)CNCc1ccc(N2CCN(C)CC2)nn1. The molecule has 2 rings (SSSR count). The topological polar surface area (TPSA) is 44.3 Å². The highest BCUT2D eigenvalue weighted by atomic mass is 15.3. The summed E-state index contributed by atoms with van der Waals surface area (Å²) in [7, 11) is 2.16. The molecule has 0 unspecified atom stereocenters. The Morgan fingerprint density at radius 2 is 1.89 bits per heavy atom. The van der Waals surface area contributed by atoms with Crippen LogP contribution in [0.3, 0.4) is 0 Å². The number of hydrogen-bond acceptors (Lipinski definition) is 5. The molecule has 0 spiro atoms. The number of aromatic nitrogens is 2. The second-order valence-electron chi connectivity index (χ2n) is 5.70. The zero-order valence-corrected chi connectivity index (χ0v) is 12.3. The molecule has 0 aromatic carbocycles. The maximum atomic E-state index is 4.34. The van der Waals surface area contributed by atoms with E-state index in [1.165, 1.54) is 0 Å². The van der Waals surface area contributed by atoms with Crippen LogP contribution in [0.25, 0.3) is 0 Å². The predicted octanol–water partition coefficient (Wildman–Crippen LogP) is 0.974. The summed E-state index contributed by atoms with van der Waals surface area (Å²) in [5.74, 6) is 1.67. The van der Waals surface area contributed by atoms with Gasteiger partial charge in [-0.3, -0.25) is 0 Å². The Morgan fingerprint density at radius 1 is 1.16 bits per heavy atom. The zero-order chi connectivity index (χ0) is 13.7. The van der Waals surface area contributed by atoms with E-state index in [0.717, 1.165) is 50.8 Å². The lowest BCUT2D eigenvalue weighted by molar-refractivity contribution is 0.311. The van der Waals surface area contributed by atoms with Crippen molar-refractivity contribution in [1.29, 1.82) is 0 Å². The van der Waals surface area contributed by atoms with Crippen LogP contribution in [0, 0.1) is 5.92 Å². The third-order valence-electron chi connectivity index (χ3n) is 3.39. The molecule has 1 saturated heterocycles. The van der Waals surface area contributed by atoms with Gasteiger partial charge in [0.05, 0.1) is 5.69 Å². The average molecular weight is 263 g/mol. The third kappa shape index (κ3) is 4.44. The summed E-state index contributed by atoms with van der Waals surface area (Å²) in [6, 6.07) is 4.17. The summed E-state index contributed by atoms with van der Waals surface area (Å²) in [6.07, 6.45) is 0. The number of likely N-dealkylation sites (N-methyl/N-ethyl adjacent to an activating group) is 1. The first-order valence-corrected chi connectivity index (χ1v) is 7.12. The molecule has 1 fully saturated rings. The summed E-state index contributed by atoms with van der Waals surface area (Å²) in [4.78, 5) is 4.65. The third-order valence-corrected chi connectivity index (χ3v) is 3.39. The largest absolute Gasteiger partial charge is 0.353 e. The lowest BCUT2D eigenvalue weighted by Gasteiger charge is -2.32. The van der Waals surface area contributed by atoms with Gasteiger partial charge in [-0.15, -0.1) is 5.10 Å². The van der Waals surface area contributed by atoms with Crippen molar-refractivity contribution in [3.05, 3.63) is 17.8 Å². The van der Waals surface area contributed by atoms with Gasteiger partial charge in [0.25, 0.3) is 0 Å². The van der Waals surface area contributed by atoms with Crippen LogP contribution in [0.5, 0.6) is 0 Å². The van der Waals surface area contributed by atoms with Crippen LogP contribution in [0.15, 0.2) is 12.1 Å². The number of piperazine rings is 1. The molecule has 1 aliphatic heterocycles. The summed E-state index contributed by atoms with van der Waals surface area (Å²) >= 11 is 0. The van der Waals surface area contributed by atoms with Crippen LogP contribution in [0.1, 0.15) is 19.5 Å². The van der Waals surface area contributed by atoms with E-state index in [0.29, 0.717) is 5.92 Å². The Morgan fingerprint density at radius 3 is 2.47 bits per heavy atom. The summed E-state index contributed by atoms with van der Waals surface area (Å²) < 4.78 is 0. The molecule has 19 heavy (non-hydrogen) atoms. The molecule has 0 saturated carbocycles. The van der Waals surface area contributed by atoms with Crippen molar-refractivity contribution in [2.75, 3.05) is 44.7 Å². The molecule has 0 amide bonds. The van der Waals surface area contributed by atoms with Gasteiger partial charge in [0.2, 0.25) is 0 Å². The maximum Gasteiger partial charge on any atom is 0.151 e. The van der Waals surface area contributed by atoms with Crippen molar-refractivity contribution >= 4 is 5.82 Å². The summed E-state index contributed by atoms with van der Waals surface area (Å²) in [5.41, 5.74) is 1.01. The maximum absolute atomic E-state index is 4.34. The van der Waals surface area contributed by atoms with E-state index in [4.69, 9.17) is 0 Å². The second kappa shape index (κ2) is 6.82. The number of nitrogens with one attached hydrogen (secondary N) is 1. The fraction of sp³-hybridized carbons (Fsp3) is 0.714. The lowest BCUT2D eigenvalue weighted by Crippen LogP contribution is -2.44. The minimum absolute atomic E-state index is 0.664. The van der Waals surface area contributed by atoms with Crippen molar-refractivity contribution in [3.63, 3.8) is 0 Å². The van der Waals surface area contributed by atoms with Gasteiger partial charge in [0.15, 0.2) is 5.82 Å². The molecule has 5 heteroatoms. The van der Waals surface area contributed by atoms with E-state index < -0.39 is 0 Å². The van der Waals surface area contributed by atoms with Gasteiger partial charge in [0.1, 0.15) is 0 Å². The zero-order valence-electron chi connectivity index (χ0n) is 12.3. The first-order valence-electron chi connectivity index (χ1n) is 7.12. The van der Waals surface area contributed by atoms with Gasteiger partial charge in [-0.25, -0.2) is 0 Å². The molecule has 5 nitrogen and oxygen atoms in total. The highest BCUT2D eigenvalue weighted by Crippen LogP contribution is 2.11. The van der Waals surface area contributed by atoms with Crippen LogP contribution in [-0.2, 0) is 6.54 Å². The van der Waals surface area contributed by atoms with Crippen LogP contribution < -0.4 is 10.2 Å². The second-order valence-corrected chi connectivity index (χ2v) is 5.70. The molecular formula is C14H25N5. The predicted molar refractivity (Wildman–Crippen MR) is 78.3 cm³/mol. The van der Waals surface area contributed by atoms with Crippen LogP contribution >= 0.6 is 0 Å². The number of hydrogen-bond donors (Lipinski definition) is 1. The van der Waals surface area contributed by atoms with Crippen molar-refractivity contribution < 1.29 is 0 Å². The Kier molecular flexibility index (Phi) is 5.10. The van der Waals surface area contributed by atoms with Crippen LogP contribution in [0.2, 0.25) is 0 Å². The minimum Gasteiger partial charge on any atom is -0.353 e. The van der Waals surface area contributed by atoms with Crippen molar-refractivity contribution in [1.82, 2.24) is 20.4 Å². The normalized spacial score (nSPS) is 17.2. The van der Waals surface area contributed by atoms with Gasteiger partial charge in [-0.1, -0.05) is 13.8 Å². The van der Waals surface area contributed by atoms with Crippen LogP contribution in [0.4, 0.5) is 5.82 Å². The monoisotopic (exact) mass is 263 g/mol. The van der Waals surface area contributed by atoms with Crippen LogP contribution in [-0.4, -0.2) is 54.9 Å². The number of anilines is 1. The molecule has 0 aliphatic carbocycles. The Hall–Kier alpha value is -1.20. The molecular weight excluding hydrogens is 238 g/mol. The smallest absolute Gasteiger partial charge is 0.151 e. The number of rotatable bonds is 5. The standard InChI is InChI=1S/C14H25N5/c1-12(2)10-15-11-13-4-5-14(17-16-13)19-8-6-18(3)7-9-19/h4-5,12,15H,6-11H2,1-3H3. The molecule has 1 aromatic heterocycles. The fourth-order valence-corrected chi connectivity index (χ4v) is 2.14. The van der Waals surface area contributed by atoms with E-state index in [-0.39, 0.29) is 0 Å². The molecule has 0 bridgehead atoms. The molecule has 106 valence electrons.